The van der Waals surface area contributed by atoms with Crippen LogP contribution in [0.25, 0.3) is 0 Å². The molecule has 0 rings (SSSR count). The SMILES string of the molecule is CCCCCCC(NN)C(=O)O. The Morgan fingerprint density at radius 1 is 1.50 bits per heavy atom. The quantitative estimate of drug-likeness (QED) is 0.304. The van der Waals surface area contributed by atoms with Crippen LogP contribution in [0.15, 0.2) is 0 Å². The van der Waals surface area contributed by atoms with Gasteiger partial charge in [-0.1, -0.05) is 32.6 Å². The van der Waals surface area contributed by atoms with Crippen molar-refractivity contribution in [1.82, 2.24) is 5.43 Å². The summed E-state index contributed by atoms with van der Waals surface area (Å²) in [5, 5.41) is 8.59. The number of carboxylic acids is 1. The number of carboxylic acid groups (broad SMARTS) is 1. The minimum Gasteiger partial charge on any atom is -0.480 e. The van der Waals surface area contributed by atoms with Crippen LogP contribution in [-0.2, 0) is 4.79 Å². The van der Waals surface area contributed by atoms with Crippen molar-refractivity contribution in [2.75, 3.05) is 0 Å². The van der Waals surface area contributed by atoms with Crippen molar-refractivity contribution in [1.29, 1.82) is 0 Å². The van der Waals surface area contributed by atoms with Crippen LogP contribution in [0.1, 0.15) is 39.0 Å². The van der Waals surface area contributed by atoms with Crippen molar-refractivity contribution >= 4 is 5.97 Å². The lowest BCUT2D eigenvalue weighted by Crippen LogP contribution is -2.41. The molecule has 0 radical (unpaired) electrons. The van der Waals surface area contributed by atoms with Crippen LogP contribution in [0.5, 0.6) is 0 Å². The summed E-state index contributed by atoms with van der Waals surface area (Å²) in [4.78, 5) is 10.5. The highest BCUT2D eigenvalue weighted by Gasteiger charge is 2.13. The molecule has 72 valence electrons. The number of nitrogens with one attached hydrogen (secondary N) is 1. The number of rotatable bonds is 7. The maximum absolute atomic E-state index is 10.5. The fraction of sp³-hybridized carbons (Fsp3) is 0.875. The molecule has 0 amide bonds. The highest BCUT2D eigenvalue weighted by atomic mass is 16.4. The standard InChI is InChI=1S/C8H18N2O2/c1-2-3-4-5-6-7(10-9)8(11)12/h7,10H,2-6,9H2,1H3,(H,11,12). The van der Waals surface area contributed by atoms with Crippen LogP contribution < -0.4 is 11.3 Å². The monoisotopic (exact) mass is 174 g/mol. The van der Waals surface area contributed by atoms with Crippen molar-refractivity contribution in [2.45, 2.75) is 45.1 Å². The van der Waals surface area contributed by atoms with Crippen LogP contribution in [0, 0.1) is 0 Å². The van der Waals surface area contributed by atoms with E-state index in [4.69, 9.17) is 10.9 Å². The molecule has 0 saturated heterocycles. The van der Waals surface area contributed by atoms with Gasteiger partial charge >= 0.3 is 5.97 Å². The smallest absolute Gasteiger partial charge is 0.322 e. The van der Waals surface area contributed by atoms with E-state index in [9.17, 15) is 4.79 Å². The highest BCUT2D eigenvalue weighted by Crippen LogP contribution is 2.04. The number of carbonyl (C=O) groups is 1. The summed E-state index contributed by atoms with van der Waals surface area (Å²) < 4.78 is 0. The topological polar surface area (TPSA) is 75.3 Å². The Labute approximate surface area is 73.1 Å². The largest absolute Gasteiger partial charge is 0.480 e. The van der Waals surface area contributed by atoms with Gasteiger partial charge in [0.15, 0.2) is 0 Å². The Balaban J connectivity index is 3.38. The normalized spacial score (nSPS) is 12.8. The Hall–Kier alpha value is -0.610. The molecule has 4 heteroatoms. The Morgan fingerprint density at radius 2 is 2.17 bits per heavy atom. The molecular weight excluding hydrogens is 156 g/mol. The Bertz CT molecular complexity index is 128. The molecule has 0 aliphatic carbocycles. The van der Waals surface area contributed by atoms with Crippen LogP contribution in [0.3, 0.4) is 0 Å². The molecule has 0 spiro atoms. The van der Waals surface area contributed by atoms with E-state index in [0.29, 0.717) is 6.42 Å². The van der Waals surface area contributed by atoms with Gasteiger partial charge in [-0.15, -0.1) is 0 Å². The molecule has 0 fully saturated rings. The Kier molecular flexibility index (Phi) is 6.70. The van der Waals surface area contributed by atoms with Gasteiger partial charge in [-0.2, -0.15) is 0 Å². The summed E-state index contributed by atoms with van der Waals surface area (Å²) >= 11 is 0. The van der Waals surface area contributed by atoms with Gasteiger partial charge in [0.1, 0.15) is 6.04 Å². The van der Waals surface area contributed by atoms with Gasteiger partial charge in [0.25, 0.3) is 0 Å². The second kappa shape index (κ2) is 7.06. The summed E-state index contributed by atoms with van der Waals surface area (Å²) in [7, 11) is 0. The molecular formula is C8H18N2O2. The molecule has 12 heavy (non-hydrogen) atoms. The lowest BCUT2D eigenvalue weighted by molar-refractivity contribution is -0.139. The number of nitrogens with two attached hydrogens (primary N) is 1. The predicted molar refractivity (Wildman–Crippen MR) is 47.5 cm³/mol. The first kappa shape index (κ1) is 11.4. The first-order valence-electron chi connectivity index (χ1n) is 4.41. The second-order valence-corrected chi connectivity index (χ2v) is 2.91. The van der Waals surface area contributed by atoms with E-state index in [1.54, 1.807) is 0 Å². The molecule has 0 aromatic carbocycles. The van der Waals surface area contributed by atoms with E-state index in [0.717, 1.165) is 25.7 Å². The van der Waals surface area contributed by atoms with Gasteiger partial charge in [-0.3, -0.25) is 10.6 Å². The molecule has 0 bridgehead atoms. The van der Waals surface area contributed by atoms with Crippen molar-refractivity contribution < 1.29 is 9.90 Å². The van der Waals surface area contributed by atoms with Gasteiger partial charge in [-0.25, -0.2) is 5.43 Å². The van der Waals surface area contributed by atoms with E-state index < -0.39 is 12.0 Å². The van der Waals surface area contributed by atoms with Crippen molar-refractivity contribution in [3.05, 3.63) is 0 Å². The van der Waals surface area contributed by atoms with Crippen LogP contribution in [-0.4, -0.2) is 17.1 Å². The third kappa shape index (κ3) is 5.09. The van der Waals surface area contributed by atoms with Crippen molar-refractivity contribution in [3.8, 4) is 0 Å². The van der Waals surface area contributed by atoms with Crippen LogP contribution >= 0.6 is 0 Å². The maximum Gasteiger partial charge on any atom is 0.322 e. The molecule has 1 atom stereocenters. The zero-order chi connectivity index (χ0) is 9.40. The molecule has 0 aliphatic heterocycles. The minimum atomic E-state index is -0.867. The first-order chi connectivity index (χ1) is 5.72. The van der Waals surface area contributed by atoms with Gasteiger partial charge in [0.2, 0.25) is 0 Å². The summed E-state index contributed by atoms with van der Waals surface area (Å²) in [5.41, 5.74) is 2.28. The van der Waals surface area contributed by atoms with E-state index in [1.807, 2.05) is 0 Å². The molecule has 4 N–H and O–H groups in total. The fourth-order valence-corrected chi connectivity index (χ4v) is 1.05. The van der Waals surface area contributed by atoms with Crippen LogP contribution in [0.2, 0.25) is 0 Å². The number of hydrogen-bond acceptors (Lipinski definition) is 3. The molecule has 0 saturated carbocycles. The summed E-state index contributed by atoms with van der Waals surface area (Å²) in [6, 6.07) is -0.582. The zero-order valence-corrected chi connectivity index (χ0v) is 7.55. The Morgan fingerprint density at radius 3 is 2.58 bits per heavy atom. The molecule has 0 aliphatic rings. The van der Waals surface area contributed by atoms with E-state index in [1.165, 1.54) is 0 Å². The first-order valence-corrected chi connectivity index (χ1v) is 4.41. The van der Waals surface area contributed by atoms with Gasteiger partial charge < -0.3 is 5.11 Å². The van der Waals surface area contributed by atoms with Crippen molar-refractivity contribution in [2.24, 2.45) is 5.84 Å². The second-order valence-electron chi connectivity index (χ2n) is 2.91. The molecule has 0 aromatic heterocycles. The van der Waals surface area contributed by atoms with Crippen LogP contribution in [0.4, 0.5) is 0 Å². The maximum atomic E-state index is 10.5. The molecule has 4 nitrogen and oxygen atoms in total. The summed E-state index contributed by atoms with van der Waals surface area (Å²) in [5.74, 6) is 4.19. The third-order valence-electron chi connectivity index (χ3n) is 1.85. The van der Waals surface area contributed by atoms with E-state index in [2.05, 4.69) is 12.3 Å². The number of hydrogen-bond donors (Lipinski definition) is 3. The summed E-state index contributed by atoms with van der Waals surface area (Å²) in [6.45, 7) is 2.12. The highest BCUT2D eigenvalue weighted by molar-refractivity contribution is 5.73. The van der Waals surface area contributed by atoms with E-state index in [-0.39, 0.29) is 0 Å². The number of hydrazine groups is 1. The number of aliphatic carboxylic acids is 1. The third-order valence-corrected chi connectivity index (χ3v) is 1.85. The average molecular weight is 174 g/mol. The molecule has 1 unspecified atom stereocenters. The zero-order valence-electron chi connectivity index (χ0n) is 7.55. The lowest BCUT2D eigenvalue weighted by Gasteiger charge is -2.09. The molecule has 0 aromatic rings. The van der Waals surface area contributed by atoms with Gasteiger partial charge in [0, 0.05) is 0 Å². The minimum absolute atomic E-state index is 0.582. The van der Waals surface area contributed by atoms with Gasteiger partial charge in [0.05, 0.1) is 0 Å². The summed E-state index contributed by atoms with van der Waals surface area (Å²) in [6.07, 6.45) is 4.95. The van der Waals surface area contributed by atoms with E-state index >= 15 is 0 Å². The molecule has 0 heterocycles. The number of unbranched alkanes of at least 4 members (excludes halogenated alkanes) is 3. The fourth-order valence-electron chi connectivity index (χ4n) is 1.05. The lowest BCUT2D eigenvalue weighted by atomic mass is 10.1. The van der Waals surface area contributed by atoms with Crippen molar-refractivity contribution in [3.63, 3.8) is 0 Å². The predicted octanol–water partition coefficient (Wildman–Crippen LogP) is 0.873. The van der Waals surface area contributed by atoms with Gasteiger partial charge in [-0.05, 0) is 6.42 Å². The average Bonchev–Trinajstić information content (AvgIpc) is 2.04.